The molecule has 0 radical (unpaired) electrons. The van der Waals surface area contributed by atoms with Crippen LogP contribution in [0.1, 0.15) is 19.8 Å². The average Bonchev–Trinajstić information content (AvgIpc) is 2.32. The molecule has 0 aliphatic heterocycles. The molecule has 1 aromatic rings. The summed E-state index contributed by atoms with van der Waals surface area (Å²) in [6.07, 6.45) is 1.75. The molecule has 7 heteroatoms. The lowest BCUT2D eigenvalue weighted by Crippen LogP contribution is -2.16. The van der Waals surface area contributed by atoms with Gasteiger partial charge in [0.05, 0.1) is 21.9 Å². The van der Waals surface area contributed by atoms with Crippen LogP contribution in [0.4, 0.5) is 0 Å². The number of pyridine rings is 1. The van der Waals surface area contributed by atoms with Gasteiger partial charge in [0.2, 0.25) is 0 Å². The normalized spacial score (nSPS) is 12.2. The van der Waals surface area contributed by atoms with Crippen LogP contribution in [0.25, 0.3) is 0 Å². The third-order valence-electron chi connectivity index (χ3n) is 2.01. The van der Waals surface area contributed by atoms with Crippen LogP contribution >= 0.6 is 27.5 Å². The highest BCUT2D eigenvalue weighted by Crippen LogP contribution is 2.20. The van der Waals surface area contributed by atoms with E-state index in [4.69, 9.17) is 16.3 Å². The van der Waals surface area contributed by atoms with Gasteiger partial charge < -0.3 is 4.74 Å². The highest BCUT2D eigenvalue weighted by Gasteiger charge is 2.16. The monoisotopic (exact) mass is 353 g/mol. The van der Waals surface area contributed by atoms with Gasteiger partial charge in [0.25, 0.3) is 0 Å². The number of carbonyl (C=O) groups excluding carboxylic acids is 1. The number of nitrogens with zero attached hydrogens (tertiary/aromatic N) is 1. The highest BCUT2D eigenvalue weighted by molar-refractivity contribution is 9.10. The summed E-state index contributed by atoms with van der Waals surface area (Å²) in [5, 5.41) is 0.496. The molecule has 0 amide bonds. The zero-order valence-electron chi connectivity index (χ0n) is 9.82. The van der Waals surface area contributed by atoms with Crippen molar-refractivity contribution in [2.75, 3.05) is 12.4 Å². The van der Waals surface area contributed by atoms with E-state index in [1.54, 1.807) is 12.1 Å². The fourth-order valence-electron chi connectivity index (χ4n) is 1.11. The topological polar surface area (TPSA) is 56.3 Å². The van der Waals surface area contributed by atoms with Crippen molar-refractivity contribution in [3.05, 3.63) is 21.8 Å². The van der Waals surface area contributed by atoms with Crippen LogP contribution in [0, 0.1) is 0 Å². The van der Waals surface area contributed by atoms with Crippen LogP contribution in [-0.2, 0) is 20.3 Å². The number of ether oxygens (including phenoxy) is 1. The Morgan fingerprint density at radius 2 is 2.28 bits per heavy atom. The first-order valence-corrected chi connectivity index (χ1v) is 7.89. The van der Waals surface area contributed by atoms with Gasteiger partial charge in [-0.3, -0.25) is 9.00 Å². The van der Waals surface area contributed by atoms with E-state index in [1.807, 2.05) is 6.92 Å². The number of hydrogen-bond donors (Lipinski definition) is 0. The molecule has 0 spiro atoms. The molecular weight excluding hydrogens is 342 g/mol. The van der Waals surface area contributed by atoms with E-state index in [2.05, 4.69) is 20.9 Å². The first-order valence-electron chi connectivity index (χ1n) is 5.40. The molecule has 0 saturated carbocycles. The number of rotatable bonds is 6. The molecule has 100 valence electrons. The summed E-state index contributed by atoms with van der Waals surface area (Å²) in [6, 6.07) is 3.22. The number of hydrogen-bond acceptors (Lipinski definition) is 4. The highest BCUT2D eigenvalue weighted by atomic mass is 79.9. The molecule has 1 atom stereocenters. The van der Waals surface area contributed by atoms with Crippen LogP contribution in [-0.4, -0.2) is 27.5 Å². The minimum atomic E-state index is -1.56. The Bertz CT molecular complexity index is 456. The van der Waals surface area contributed by atoms with E-state index in [0.717, 1.165) is 12.8 Å². The third kappa shape index (κ3) is 5.04. The SMILES string of the molecule is CCCCOC(=O)CS(=O)c1nc(Cl)ccc1Br. The summed E-state index contributed by atoms with van der Waals surface area (Å²) < 4.78 is 17.4. The predicted octanol–water partition coefficient (Wildman–Crippen LogP) is 2.95. The van der Waals surface area contributed by atoms with E-state index < -0.39 is 16.8 Å². The van der Waals surface area contributed by atoms with Crippen molar-refractivity contribution in [1.82, 2.24) is 4.98 Å². The molecule has 1 rings (SSSR count). The Kier molecular flexibility index (Phi) is 6.81. The molecule has 0 fully saturated rings. The first kappa shape index (κ1) is 15.6. The largest absolute Gasteiger partial charge is 0.465 e. The third-order valence-corrected chi connectivity index (χ3v) is 4.36. The van der Waals surface area contributed by atoms with E-state index in [1.165, 1.54) is 0 Å². The van der Waals surface area contributed by atoms with Gasteiger partial charge in [0, 0.05) is 0 Å². The Balaban J connectivity index is 2.59. The number of aromatic nitrogens is 1. The number of unbranched alkanes of at least 4 members (excludes halogenated alkanes) is 1. The number of halogens is 2. The Morgan fingerprint density at radius 3 is 2.94 bits per heavy atom. The number of esters is 1. The van der Waals surface area contributed by atoms with Crippen LogP contribution in [0.5, 0.6) is 0 Å². The molecule has 1 unspecified atom stereocenters. The zero-order chi connectivity index (χ0) is 13.5. The predicted molar refractivity (Wildman–Crippen MR) is 74.1 cm³/mol. The first-order chi connectivity index (χ1) is 8.54. The second-order valence-corrected chi connectivity index (χ2v) is 6.09. The summed E-state index contributed by atoms with van der Waals surface area (Å²) >= 11 is 8.94. The standard InChI is InChI=1S/C11H13BrClNO3S/c1-2-3-6-17-10(15)7-18(16)11-8(12)4-5-9(13)14-11/h4-5H,2-3,6-7H2,1H3. The van der Waals surface area contributed by atoms with Crippen LogP contribution in [0.3, 0.4) is 0 Å². The molecule has 18 heavy (non-hydrogen) atoms. The fourth-order valence-corrected chi connectivity index (χ4v) is 2.99. The van der Waals surface area contributed by atoms with Gasteiger partial charge in [-0.05, 0) is 34.5 Å². The Hall–Kier alpha value is -0.460. The van der Waals surface area contributed by atoms with Gasteiger partial charge in [-0.25, -0.2) is 4.98 Å². The maximum absolute atomic E-state index is 11.9. The fraction of sp³-hybridized carbons (Fsp3) is 0.455. The maximum atomic E-state index is 11.9. The number of carbonyl (C=O) groups is 1. The lowest BCUT2D eigenvalue weighted by Gasteiger charge is -2.05. The minimum Gasteiger partial charge on any atom is -0.465 e. The van der Waals surface area contributed by atoms with Gasteiger partial charge in [-0.15, -0.1) is 0 Å². The summed E-state index contributed by atoms with van der Waals surface area (Å²) in [6.45, 7) is 2.36. The van der Waals surface area contributed by atoms with Crippen LogP contribution < -0.4 is 0 Å². The van der Waals surface area contributed by atoms with Crippen LogP contribution in [0.2, 0.25) is 5.15 Å². The summed E-state index contributed by atoms with van der Waals surface area (Å²) in [4.78, 5) is 15.3. The lowest BCUT2D eigenvalue weighted by atomic mass is 10.4. The van der Waals surface area contributed by atoms with Gasteiger partial charge in [-0.2, -0.15) is 0 Å². The van der Waals surface area contributed by atoms with E-state index in [9.17, 15) is 9.00 Å². The minimum absolute atomic E-state index is 0.213. The molecule has 1 heterocycles. The van der Waals surface area contributed by atoms with Crippen molar-refractivity contribution in [2.45, 2.75) is 24.8 Å². The van der Waals surface area contributed by atoms with Crippen LogP contribution in [0.15, 0.2) is 21.6 Å². The van der Waals surface area contributed by atoms with Crippen molar-refractivity contribution < 1.29 is 13.7 Å². The molecule has 0 aromatic carbocycles. The molecule has 0 saturated heterocycles. The Labute approximate surface area is 122 Å². The van der Waals surface area contributed by atoms with E-state index in [-0.39, 0.29) is 15.9 Å². The van der Waals surface area contributed by atoms with Gasteiger partial charge >= 0.3 is 5.97 Å². The van der Waals surface area contributed by atoms with Gasteiger partial charge in [0.15, 0.2) is 0 Å². The quantitative estimate of drug-likeness (QED) is 0.448. The van der Waals surface area contributed by atoms with Gasteiger partial charge in [-0.1, -0.05) is 24.9 Å². The average molecular weight is 355 g/mol. The van der Waals surface area contributed by atoms with E-state index in [0.29, 0.717) is 11.1 Å². The molecule has 0 aliphatic carbocycles. The molecular formula is C11H13BrClNO3S. The Morgan fingerprint density at radius 1 is 1.56 bits per heavy atom. The molecule has 0 bridgehead atoms. The molecule has 4 nitrogen and oxygen atoms in total. The maximum Gasteiger partial charge on any atom is 0.318 e. The smallest absolute Gasteiger partial charge is 0.318 e. The molecule has 0 aliphatic rings. The van der Waals surface area contributed by atoms with E-state index >= 15 is 0 Å². The second kappa shape index (κ2) is 7.86. The van der Waals surface area contributed by atoms with Crippen molar-refractivity contribution >= 4 is 44.3 Å². The summed E-state index contributed by atoms with van der Waals surface area (Å²) in [5.74, 6) is -0.703. The molecule has 1 aromatic heterocycles. The second-order valence-electron chi connectivity index (χ2n) is 3.48. The lowest BCUT2D eigenvalue weighted by molar-refractivity contribution is -0.140. The summed E-state index contributed by atoms with van der Waals surface area (Å²) in [5.41, 5.74) is 0. The zero-order valence-corrected chi connectivity index (χ0v) is 13.0. The van der Waals surface area contributed by atoms with Crippen molar-refractivity contribution in [1.29, 1.82) is 0 Å². The van der Waals surface area contributed by atoms with Crippen molar-refractivity contribution in [2.24, 2.45) is 0 Å². The molecule has 0 N–H and O–H groups in total. The van der Waals surface area contributed by atoms with Gasteiger partial charge in [0.1, 0.15) is 15.9 Å². The van der Waals surface area contributed by atoms with Crippen molar-refractivity contribution in [3.8, 4) is 0 Å². The van der Waals surface area contributed by atoms with Crippen molar-refractivity contribution in [3.63, 3.8) is 0 Å². The summed E-state index contributed by atoms with van der Waals surface area (Å²) in [7, 11) is -1.56.